The summed E-state index contributed by atoms with van der Waals surface area (Å²) in [5.41, 5.74) is 23.8. The van der Waals surface area contributed by atoms with E-state index in [9.17, 15) is 4.11 Å². The molecule has 3 heteroatoms. The molecule has 6 aromatic rings. The molecule has 0 saturated heterocycles. The predicted molar refractivity (Wildman–Crippen MR) is 277 cm³/mol. The van der Waals surface area contributed by atoms with Gasteiger partial charge < -0.3 is 9.80 Å². The summed E-state index contributed by atoms with van der Waals surface area (Å²) < 4.78 is 27.6. The van der Waals surface area contributed by atoms with Crippen molar-refractivity contribution in [3.8, 4) is 11.1 Å². The highest BCUT2D eigenvalue weighted by Gasteiger charge is 2.49. The number of hydrogen-bond acceptors (Lipinski definition) is 2. The second kappa shape index (κ2) is 13.1. The Morgan fingerprint density at radius 3 is 1.66 bits per heavy atom. The van der Waals surface area contributed by atoms with E-state index >= 15 is 0 Å². The molecule has 0 aromatic heterocycles. The Labute approximate surface area is 389 Å². The number of benzene rings is 6. The van der Waals surface area contributed by atoms with Crippen LogP contribution >= 0.6 is 0 Å². The Morgan fingerprint density at radius 2 is 1.00 bits per heavy atom. The van der Waals surface area contributed by atoms with Gasteiger partial charge in [-0.05, 0) is 193 Å². The smallest absolute Gasteiger partial charge is 0.252 e. The van der Waals surface area contributed by atoms with E-state index < -0.39 is 6.85 Å². The molecule has 2 nitrogen and oxygen atoms in total. The number of anilines is 6. The minimum absolute atomic E-state index is 0.0131. The van der Waals surface area contributed by atoms with E-state index in [0.717, 1.165) is 70.9 Å². The van der Waals surface area contributed by atoms with Gasteiger partial charge in [0, 0.05) is 38.2 Å². The van der Waals surface area contributed by atoms with E-state index in [1.54, 1.807) is 0 Å². The second-order valence-corrected chi connectivity index (χ2v) is 24.6. The fourth-order valence-corrected chi connectivity index (χ4v) is 14.4. The van der Waals surface area contributed by atoms with Gasteiger partial charge in [-0.2, -0.15) is 0 Å². The lowest BCUT2D eigenvalue weighted by Gasteiger charge is -2.48. The van der Waals surface area contributed by atoms with Crippen molar-refractivity contribution < 1.29 is 4.11 Å². The largest absolute Gasteiger partial charge is 0.311 e. The topological polar surface area (TPSA) is 6.48 Å². The molecule has 0 N–H and O–H groups in total. The van der Waals surface area contributed by atoms with Crippen molar-refractivity contribution in [2.45, 2.75) is 162 Å². The van der Waals surface area contributed by atoms with Crippen molar-refractivity contribution in [3.63, 3.8) is 0 Å². The van der Waals surface area contributed by atoms with E-state index in [1.165, 1.54) is 60.9 Å². The molecule has 0 amide bonds. The van der Waals surface area contributed by atoms with Crippen molar-refractivity contribution in [3.05, 3.63) is 147 Å². The highest BCUT2D eigenvalue weighted by molar-refractivity contribution is 7.00. The van der Waals surface area contributed by atoms with Gasteiger partial charge in [-0.3, -0.25) is 0 Å². The fourth-order valence-electron chi connectivity index (χ4n) is 14.4. The molecule has 11 rings (SSSR count). The highest BCUT2D eigenvalue weighted by atomic mass is 15.2. The van der Waals surface area contributed by atoms with Gasteiger partial charge in [0.15, 0.2) is 0 Å². The standard InChI is InChI=1S/C61H69BN2/c1-36-27-52-55-53(28-36)64(49-32-45-42(29-37(49)2)59(10,11)34-60(45,12)13)51-33-44-43(56(4,5)25-26-57(44,6)7)31-47(51)62(55)46-23-21-40(39-19-17-16-18-20-39)30-50(46)63(52)48-24-22-41-54(38(48)3)61(14,15)35-58(41,8)9/h16-24,27-33H,25-26,34-35H2,1-15H3/i1D3. The minimum Gasteiger partial charge on any atom is -0.311 e. The van der Waals surface area contributed by atoms with E-state index in [0.29, 0.717) is 5.56 Å². The second-order valence-electron chi connectivity index (χ2n) is 24.6. The first-order chi connectivity index (χ1) is 31.1. The first-order valence-corrected chi connectivity index (χ1v) is 24.1. The molecular formula is C61H69BN2. The number of hydrogen-bond donors (Lipinski definition) is 0. The lowest BCUT2D eigenvalue weighted by molar-refractivity contribution is 0.332. The predicted octanol–water partition coefficient (Wildman–Crippen LogP) is 14.6. The summed E-state index contributed by atoms with van der Waals surface area (Å²) in [6, 6.07) is 36.7. The third kappa shape index (κ3) is 5.77. The number of rotatable bonds is 3. The van der Waals surface area contributed by atoms with E-state index in [1.807, 2.05) is 12.1 Å². The molecule has 0 bridgehead atoms. The fraction of sp³-hybridized carbons (Fsp3) is 0.410. The van der Waals surface area contributed by atoms with Gasteiger partial charge in [0.1, 0.15) is 0 Å². The Kier molecular flexibility index (Phi) is 7.82. The lowest BCUT2D eigenvalue weighted by atomic mass is 9.33. The summed E-state index contributed by atoms with van der Waals surface area (Å²) in [6.07, 6.45) is 4.36. The van der Waals surface area contributed by atoms with Crippen LogP contribution in [0.15, 0.2) is 97.1 Å². The third-order valence-corrected chi connectivity index (χ3v) is 17.0. The molecule has 326 valence electrons. The van der Waals surface area contributed by atoms with Crippen LogP contribution in [0, 0.1) is 20.7 Å². The molecule has 0 unspecified atom stereocenters. The van der Waals surface area contributed by atoms with Crippen LogP contribution in [0.3, 0.4) is 0 Å². The van der Waals surface area contributed by atoms with E-state index in [4.69, 9.17) is 0 Å². The lowest BCUT2D eigenvalue weighted by Crippen LogP contribution is -2.62. The van der Waals surface area contributed by atoms with Gasteiger partial charge in [-0.1, -0.05) is 144 Å². The summed E-state index contributed by atoms with van der Waals surface area (Å²) in [5.74, 6) is 0. The molecule has 0 radical (unpaired) electrons. The van der Waals surface area contributed by atoms with Crippen molar-refractivity contribution in [1.29, 1.82) is 0 Å². The van der Waals surface area contributed by atoms with Crippen molar-refractivity contribution in [1.82, 2.24) is 0 Å². The molecular weight excluding hydrogens is 771 g/mol. The summed E-state index contributed by atoms with van der Waals surface area (Å²) in [7, 11) is 0. The van der Waals surface area contributed by atoms with Crippen LogP contribution in [0.5, 0.6) is 0 Å². The Hall–Kier alpha value is -5.02. The van der Waals surface area contributed by atoms with Gasteiger partial charge in [0.25, 0.3) is 6.71 Å². The molecule has 3 aliphatic carbocycles. The summed E-state index contributed by atoms with van der Waals surface area (Å²) in [5, 5.41) is 0. The van der Waals surface area contributed by atoms with E-state index in [-0.39, 0.29) is 39.2 Å². The van der Waals surface area contributed by atoms with Gasteiger partial charge >= 0.3 is 0 Å². The minimum atomic E-state index is -2.36. The van der Waals surface area contributed by atoms with Crippen molar-refractivity contribution >= 4 is 57.2 Å². The molecule has 5 aliphatic rings. The van der Waals surface area contributed by atoms with Gasteiger partial charge in [0.05, 0.1) is 0 Å². The molecule has 0 spiro atoms. The zero-order chi connectivity index (χ0) is 47.9. The molecule has 2 heterocycles. The average Bonchev–Trinajstić information content (AvgIpc) is 3.55. The van der Waals surface area contributed by atoms with Crippen LogP contribution in [0.25, 0.3) is 11.1 Å². The maximum absolute atomic E-state index is 9.20. The zero-order valence-electron chi connectivity index (χ0n) is 44.0. The Balaban J connectivity index is 1.30. The summed E-state index contributed by atoms with van der Waals surface area (Å²) in [4.78, 5) is 4.98. The molecule has 0 fully saturated rings. The van der Waals surface area contributed by atoms with Crippen molar-refractivity contribution in [2.24, 2.45) is 0 Å². The first kappa shape index (κ1) is 38.3. The van der Waals surface area contributed by atoms with Gasteiger partial charge in [0.2, 0.25) is 0 Å². The van der Waals surface area contributed by atoms with Crippen LogP contribution in [0.2, 0.25) is 0 Å². The van der Waals surface area contributed by atoms with Gasteiger partial charge in [-0.15, -0.1) is 0 Å². The van der Waals surface area contributed by atoms with Crippen molar-refractivity contribution in [2.75, 3.05) is 9.80 Å². The average molecular weight is 844 g/mol. The SMILES string of the molecule is [2H]C([2H])([2H])c1cc2c3c(c1)N(c1ccc4c(c1C)C(C)(C)CC4(C)C)c1cc(-c4ccccc4)ccc1B3c1cc3c(cc1N2c1cc2c(cc1C)C(C)(C)CC2(C)C)C(C)(C)CCC3(C)C. The molecule has 0 atom stereocenters. The van der Waals surface area contributed by atoms with Crippen LogP contribution in [-0.4, -0.2) is 6.71 Å². The van der Waals surface area contributed by atoms with Crippen LogP contribution in [0.1, 0.15) is 163 Å². The third-order valence-electron chi connectivity index (χ3n) is 17.0. The molecule has 0 saturated carbocycles. The van der Waals surface area contributed by atoms with Crippen LogP contribution in [-0.2, 0) is 32.5 Å². The van der Waals surface area contributed by atoms with Gasteiger partial charge in [-0.25, -0.2) is 0 Å². The van der Waals surface area contributed by atoms with Crippen LogP contribution < -0.4 is 26.2 Å². The molecule has 6 aromatic carbocycles. The number of aryl methyl sites for hydroxylation is 2. The van der Waals surface area contributed by atoms with Crippen LogP contribution in [0.4, 0.5) is 34.1 Å². The summed E-state index contributed by atoms with van der Waals surface area (Å²) >= 11 is 0. The number of fused-ring (bicyclic) bond motifs is 7. The zero-order valence-corrected chi connectivity index (χ0v) is 41.0. The Morgan fingerprint density at radius 1 is 0.453 bits per heavy atom. The monoisotopic (exact) mass is 844 g/mol. The Bertz CT molecular complexity index is 3110. The molecule has 2 aliphatic heterocycles. The van der Waals surface area contributed by atoms with E-state index in [2.05, 4.69) is 192 Å². The maximum Gasteiger partial charge on any atom is 0.252 e. The normalized spacial score (nSPS) is 21.4. The summed E-state index contributed by atoms with van der Waals surface area (Å²) in [6.45, 7) is 31.0. The highest BCUT2D eigenvalue weighted by Crippen LogP contribution is 2.57. The number of nitrogens with zero attached hydrogens (tertiary/aromatic N) is 2. The first-order valence-electron chi connectivity index (χ1n) is 25.6. The molecule has 64 heavy (non-hydrogen) atoms. The quantitative estimate of drug-likeness (QED) is 0.164. The maximum atomic E-state index is 9.20.